The van der Waals surface area contributed by atoms with E-state index in [-0.39, 0.29) is 0 Å². The highest BCUT2D eigenvalue weighted by Crippen LogP contribution is 2.26. The largest absolute Gasteiger partial charge is 0.297 e. The molecular weight excluding hydrogens is 98.1 g/mol. The molecule has 0 bridgehead atoms. The zero-order chi connectivity index (χ0) is 5.98. The van der Waals surface area contributed by atoms with Crippen molar-refractivity contribution in [1.82, 2.24) is 0 Å². The van der Waals surface area contributed by atoms with E-state index in [0.717, 1.165) is 5.92 Å². The predicted molar refractivity (Wildman–Crippen MR) is 36.4 cm³/mol. The monoisotopic (exact) mass is 111 g/mol. The summed E-state index contributed by atoms with van der Waals surface area (Å²) in [6.07, 6.45) is 3.97. The summed E-state index contributed by atoms with van der Waals surface area (Å²) in [6.45, 7) is 5.80. The van der Waals surface area contributed by atoms with Crippen molar-refractivity contribution in [3.05, 3.63) is 0 Å². The molecule has 0 heterocycles. The Bertz CT molecular complexity index is 88.4. The first kappa shape index (κ1) is 5.80. The minimum atomic E-state index is 0.579. The van der Waals surface area contributed by atoms with Crippen LogP contribution in [0.3, 0.4) is 0 Å². The molecule has 0 saturated heterocycles. The van der Waals surface area contributed by atoms with Crippen LogP contribution >= 0.6 is 0 Å². The van der Waals surface area contributed by atoms with Crippen LogP contribution in [0.1, 0.15) is 26.2 Å². The van der Waals surface area contributed by atoms with Gasteiger partial charge in [-0.25, -0.2) is 0 Å². The second-order valence-corrected chi connectivity index (χ2v) is 2.66. The first-order valence-corrected chi connectivity index (χ1v) is 3.30. The summed E-state index contributed by atoms with van der Waals surface area (Å²) in [5.41, 5.74) is 0. The molecule has 0 spiro atoms. The van der Waals surface area contributed by atoms with Gasteiger partial charge in [-0.15, -0.1) is 0 Å². The van der Waals surface area contributed by atoms with E-state index in [2.05, 4.69) is 18.6 Å². The zero-order valence-electron chi connectivity index (χ0n) is 5.43. The Kier molecular flexibility index (Phi) is 1.66. The molecule has 1 heteroatoms. The topological polar surface area (TPSA) is 12.4 Å². The molecule has 1 rings (SSSR count). The van der Waals surface area contributed by atoms with Gasteiger partial charge in [0.05, 0.1) is 6.04 Å². The number of aliphatic imine (C=N–C) groups is 1. The van der Waals surface area contributed by atoms with E-state index in [0.29, 0.717) is 6.04 Å². The van der Waals surface area contributed by atoms with Gasteiger partial charge in [-0.05, 0) is 25.5 Å². The highest BCUT2D eigenvalue weighted by Gasteiger charge is 2.20. The molecule has 1 nitrogen and oxygen atoms in total. The van der Waals surface area contributed by atoms with E-state index in [1.54, 1.807) is 0 Å². The number of hydrogen-bond acceptors (Lipinski definition) is 1. The van der Waals surface area contributed by atoms with Gasteiger partial charge in [-0.1, -0.05) is 13.3 Å². The van der Waals surface area contributed by atoms with E-state index in [9.17, 15) is 0 Å². The fraction of sp³-hybridized carbons (Fsp3) is 0.857. The lowest BCUT2D eigenvalue weighted by Crippen LogP contribution is -2.05. The molecule has 0 aromatic carbocycles. The molecule has 8 heavy (non-hydrogen) atoms. The molecule has 0 radical (unpaired) electrons. The number of hydrogen-bond donors (Lipinski definition) is 0. The standard InChI is InChI=1S/C7H13N/c1-6-4-3-5-7(6)8-2/h6-7H,2-5H2,1H3. The number of rotatable bonds is 1. The van der Waals surface area contributed by atoms with Crippen LogP contribution < -0.4 is 0 Å². The average molecular weight is 111 g/mol. The Labute approximate surface area is 50.8 Å². The lowest BCUT2D eigenvalue weighted by Gasteiger charge is -2.06. The average Bonchev–Trinajstić information content (AvgIpc) is 2.14. The van der Waals surface area contributed by atoms with Crippen LogP contribution in [0.5, 0.6) is 0 Å². The van der Waals surface area contributed by atoms with Crippen molar-refractivity contribution >= 4 is 6.72 Å². The van der Waals surface area contributed by atoms with Gasteiger partial charge in [0.1, 0.15) is 0 Å². The van der Waals surface area contributed by atoms with Gasteiger partial charge in [-0.2, -0.15) is 0 Å². The van der Waals surface area contributed by atoms with Crippen molar-refractivity contribution in [2.24, 2.45) is 10.9 Å². The molecule has 1 fully saturated rings. The maximum Gasteiger partial charge on any atom is 0.0517 e. The van der Waals surface area contributed by atoms with Crippen LogP contribution in [0.4, 0.5) is 0 Å². The fourth-order valence-electron chi connectivity index (χ4n) is 1.40. The first-order valence-electron chi connectivity index (χ1n) is 3.30. The van der Waals surface area contributed by atoms with E-state index in [1.807, 2.05) is 0 Å². The maximum atomic E-state index is 4.02. The van der Waals surface area contributed by atoms with E-state index in [1.165, 1.54) is 19.3 Å². The molecule has 0 N–H and O–H groups in total. The lowest BCUT2D eigenvalue weighted by atomic mass is 10.1. The summed E-state index contributed by atoms with van der Waals surface area (Å²) >= 11 is 0. The van der Waals surface area contributed by atoms with Crippen molar-refractivity contribution in [3.63, 3.8) is 0 Å². The molecule has 1 saturated carbocycles. The van der Waals surface area contributed by atoms with Crippen LogP contribution in [0.15, 0.2) is 4.99 Å². The second-order valence-electron chi connectivity index (χ2n) is 2.66. The number of nitrogens with zero attached hydrogens (tertiary/aromatic N) is 1. The minimum Gasteiger partial charge on any atom is -0.297 e. The van der Waals surface area contributed by atoms with Gasteiger partial charge in [-0.3, -0.25) is 4.99 Å². The van der Waals surface area contributed by atoms with Gasteiger partial charge in [0.25, 0.3) is 0 Å². The van der Waals surface area contributed by atoms with Crippen molar-refractivity contribution in [1.29, 1.82) is 0 Å². The van der Waals surface area contributed by atoms with Crippen LogP contribution in [-0.2, 0) is 0 Å². The van der Waals surface area contributed by atoms with Crippen molar-refractivity contribution in [2.45, 2.75) is 32.2 Å². The third kappa shape index (κ3) is 0.908. The Morgan fingerprint density at radius 1 is 1.50 bits per heavy atom. The van der Waals surface area contributed by atoms with Crippen LogP contribution in [0.25, 0.3) is 0 Å². The summed E-state index contributed by atoms with van der Waals surface area (Å²) < 4.78 is 0. The van der Waals surface area contributed by atoms with Gasteiger partial charge < -0.3 is 0 Å². The maximum absolute atomic E-state index is 4.02. The molecule has 1 aliphatic rings. The molecule has 0 aromatic rings. The molecule has 0 aromatic heterocycles. The van der Waals surface area contributed by atoms with Crippen molar-refractivity contribution < 1.29 is 0 Å². The molecular formula is C7H13N. The van der Waals surface area contributed by atoms with Gasteiger partial charge in [0, 0.05) is 0 Å². The normalized spacial score (nSPS) is 37.6. The summed E-state index contributed by atoms with van der Waals surface area (Å²) in [6, 6.07) is 0.579. The van der Waals surface area contributed by atoms with E-state index in [4.69, 9.17) is 0 Å². The molecule has 0 amide bonds. The highest BCUT2D eigenvalue weighted by atomic mass is 14.8. The minimum absolute atomic E-state index is 0.579. The molecule has 1 aliphatic carbocycles. The highest BCUT2D eigenvalue weighted by molar-refractivity contribution is 5.24. The summed E-state index contributed by atoms with van der Waals surface area (Å²) in [5.74, 6) is 0.799. The van der Waals surface area contributed by atoms with Crippen LogP contribution in [0.2, 0.25) is 0 Å². The summed E-state index contributed by atoms with van der Waals surface area (Å²) in [4.78, 5) is 4.02. The fourth-order valence-corrected chi connectivity index (χ4v) is 1.40. The first-order chi connectivity index (χ1) is 3.84. The third-order valence-electron chi connectivity index (χ3n) is 2.05. The van der Waals surface area contributed by atoms with E-state index < -0.39 is 0 Å². The Morgan fingerprint density at radius 2 is 2.25 bits per heavy atom. The zero-order valence-corrected chi connectivity index (χ0v) is 5.43. The van der Waals surface area contributed by atoms with E-state index >= 15 is 0 Å². The molecule has 2 unspecified atom stereocenters. The lowest BCUT2D eigenvalue weighted by molar-refractivity contribution is 0.532. The quantitative estimate of drug-likeness (QED) is 0.458. The predicted octanol–water partition coefficient (Wildman–Crippen LogP) is 1.88. The third-order valence-corrected chi connectivity index (χ3v) is 2.05. The van der Waals surface area contributed by atoms with Crippen molar-refractivity contribution in [2.75, 3.05) is 0 Å². The van der Waals surface area contributed by atoms with Crippen LogP contribution in [-0.4, -0.2) is 12.8 Å². The Morgan fingerprint density at radius 3 is 2.50 bits per heavy atom. The van der Waals surface area contributed by atoms with Gasteiger partial charge in [0.15, 0.2) is 0 Å². The second kappa shape index (κ2) is 2.29. The van der Waals surface area contributed by atoms with Gasteiger partial charge >= 0.3 is 0 Å². The summed E-state index contributed by atoms with van der Waals surface area (Å²) in [7, 11) is 0. The molecule has 46 valence electrons. The summed E-state index contributed by atoms with van der Waals surface area (Å²) in [5, 5.41) is 0. The van der Waals surface area contributed by atoms with Crippen LogP contribution in [0, 0.1) is 5.92 Å². The Hall–Kier alpha value is -0.330. The molecule has 0 aliphatic heterocycles. The SMILES string of the molecule is C=NC1CCCC1C. The molecule has 2 atom stereocenters. The van der Waals surface area contributed by atoms with Gasteiger partial charge in [0.2, 0.25) is 0 Å². The Balaban J connectivity index is 2.41. The van der Waals surface area contributed by atoms with Crippen molar-refractivity contribution in [3.8, 4) is 0 Å². The smallest absolute Gasteiger partial charge is 0.0517 e.